The summed E-state index contributed by atoms with van der Waals surface area (Å²) in [5, 5.41) is 14.9. The van der Waals surface area contributed by atoms with Crippen molar-refractivity contribution in [3.8, 4) is 5.75 Å². The van der Waals surface area contributed by atoms with Crippen molar-refractivity contribution in [2.45, 2.75) is 33.4 Å². The van der Waals surface area contributed by atoms with E-state index in [-0.39, 0.29) is 0 Å². The summed E-state index contributed by atoms with van der Waals surface area (Å²) in [7, 11) is 3.62. The lowest BCUT2D eigenvalue weighted by Crippen LogP contribution is -2.38. The van der Waals surface area contributed by atoms with Crippen LogP contribution in [0.15, 0.2) is 29.3 Å². The summed E-state index contributed by atoms with van der Waals surface area (Å²) in [5.41, 5.74) is 1.08. The molecule has 0 amide bonds. The molecule has 2 rings (SSSR count). The van der Waals surface area contributed by atoms with Gasteiger partial charge in [-0.2, -0.15) is 0 Å². The first-order chi connectivity index (χ1) is 13.1. The Hall–Kier alpha value is -2.61. The molecule has 0 saturated heterocycles. The van der Waals surface area contributed by atoms with Gasteiger partial charge < -0.3 is 24.7 Å². The highest BCUT2D eigenvalue weighted by molar-refractivity contribution is 5.79. The molecule has 8 nitrogen and oxygen atoms in total. The number of nitrogens with zero attached hydrogens (tertiary/aromatic N) is 4. The van der Waals surface area contributed by atoms with Gasteiger partial charge in [-0.1, -0.05) is 12.1 Å². The number of hydrogen-bond acceptors (Lipinski definition) is 5. The van der Waals surface area contributed by atoms with Gasteiger partial charge in [-0.15, -0.1) is 10.2 Å². The molecule has 148 valence electrons. The van der Waals surface area contributed by atoms with E-state index in [1.165, 1.54) is 0 Å². The van der Waals surface area contributed by atoms with Crippen molar-refractivity contribution in [3.63, 3.8) is 0 Å². The number of aromatic nitrogens is 3. The van der Waals surface area contributed by atoms with Gasteiger partial charge in [0.25, 0.3) is 0 Å². The molecule has 0 bridgehead atoms. The van der Waals surface area contributed by atoms with Crippen LogP contribution in [0.4, 0.5) is 0 Å². The second-order valence-electron chi connectivity index (χ2n) is 6.07. The van der Waals surface area contributed by atoms with Crippen molar-refractivity contribution < 1.29 is 9.47 Å². The predicted octanol–water partition coefficient (Wildman–Crippen LogP) is 1.79. The topological polar surface area (TPSA) is 85.6 Å². The minimum Gasteiger partial charge on any atom is -0.497 e. The zero-order chi connectivity index (χ0) is 19.5. The maximum absolute atomic E-state index is 5.38. The highest BCUT2D eigenvalue weighted by Crippen LogP contribution is 2.13. The Morgan fingerprint density at radius 1 is 1.26 bits per heavy atom. The SMILES string of the molecule is CCOCCCNC(=NCc1cccc(OC)c1)NCc1nnc(C)n1C. The van der Waals surface area contributed by atoms with Crippen molar-refractivity contribution in [1.29, 1.82) is 0 Å². The van der Waals surface area contributed by atoms with Crippen LogP contribution in [-0.2, 0) is 24.9 Å². The number of aryl methyl sites for hydroxylation is 1. The zero-order valence-electron chi connectivity index (χ0n) is 16.7. The Morgan fingerprint density at radius 3 is 2.81 bits per heavy atom. The van der Waals surface area contributed by atoms with E-state index in [0.29, 0.717) is 13.1 Å². The van der Waals surface area contributed by atoms with Crippen LogP contribution in [0.25, 0.3) is 0 Å². The van der Waals surface area contributed by atoms with Gasteiger partial charge in [-0.05, 0) is 38.0 Å². The number of ether oxygens (including phenoxy) is 2. The summed E-state index contributed by atoms with van der Waals surface area (Å²) >= 11 is 0. The van der Waals surface area contributed by atoms with Crippen LogP contribution in [0.3, 0.4) is 0 Å². The summed E-state index contributed by atoms with van der Waals surface area (Å²) in [5.74, 6) is 3.30. The third-order valence-corrected chi connectivity index (χ3v) is 4.11. The fourth-order valence-corrected chi connectivity index (χ4v) is 2.41. The summed E-state index contributed by atoms with van der Waals surface area (Å²) in [4.78, 5) is 4.68. The molecule has 0 spiro atoms. The lowest BCUT2D eigenvalue weighted by molar-refractivity contribution is 0.145. The van der Waals surface area contributed by atoms with Gasteiger partial charge in [0, 0.05) is 26.8 Å². The number of nitrogens with one attached hydrogen (secondary N) is 2. The van der Waals surface area contributed by atoms with Gasteiger partial charge in [-0.25, -0.2) is 4.99 Å². The molecule has 2 aromatic rings. The summed E-state index contributed by atoms with van der Waals surface area (Å²) in [6.45, 7) is 7.28. The molecule has 1 aromatic heterocycles. The molecule has 27 heavy (non-hydrogen) atoms. The second-order valence-corrected chi connectivity index (χ2v) is 6.07. The standard InChI is InChI=1S/C19H30N6O2/c1-5-27-11-7-10-20-19(22-14-18-24-23-15(2)25(18)3)21-13-16-8-6-9-17(12-16)26-4/h6,8-9,12H,5,7,10-11,13-14H2,1-4H3,(H2,20,21,22). The maximum Gasteiger partial charge on any atom is 0.191 e. The van der Waals surface area contributed by atoms with Crippen LogP contribution in [0.5, 0.6) is 5.75 Å². The summed E-state index contributed by atoms with van der Waals surface area (Å²) in [6, 6.07) is 7.91. The second kappa shape index (κ2) is 11.2. The molecule has 0 unspecified atom stereocenters. The zero-order valence-corrected chi connectivity index (χ0v) is 16.7. The smallest absolute Gasteiger partial charge is 0.191 e. The predicted molar refractivity (Wildman–Crippen MR) is 106 cm³/mol. The van der Waals surface area contributed by atoms with E-state index in [4.69, 9.17) is 9.47 Å². The normalized spacial score (nSPS) is 11.5. The van der Waals surface area contributed by atoms with Crippen molar-refractivity contribution in [3.05, 3.63) is 41.5 Å². The summed E-state index contributed by atoms with van der Waals surface area (Å²) in [6.07, 6.45) is 0.913. The Labute approximate surface area is 161 Å². The molecule has 0 aliphatic carbocycles. The van der Waals surface area contributed by atoms with E-state index in [2.05, 4.69) is 25.8 Å². The van der Waals surface area contributed by atoms with E-state index >= 15 is 0 Å². The first kappa shape index (κ1) is 20.7. The molecule has 0 atom stereocenters. The number of hydrogen-bond donors (Lipinski definition) is 2. The van der Waals surface area contributed by atoms with Crippen LogP contribution in [-0.4, -0.2) is 47.6 Å². The molecular formula is C19H30N6O2. The molecule has 0 fully saturated rings. The van der Waals surface area contributed by atoms with Crippen LogP contribution in [0.2, 0.25) is 0 Å². The molecular weight excluding hydrogens is 344 g/mol. The molecule has 2 N–H and O–H groups in total. The Kier molecular flexibility index (Phi) is 8.57. The lowest BCUT2D eigenvalue weighted by Gasteiger charge is -2.13. The first-order valence-corrected chi connectivity index (χ1v) is 9.21. The van der Waals surface area contributed by atoms with Gasteiger partial charge in [0.2, 0.25) is 0 Å². The minimum atomic E-state index is 0.548. The maximum atomic E-state index is 5.38. The largest absolute Gasteiger partial charge is 0.497 e. The number of guanidine groups is 1. The van der Waals surface area contributed by atoms with Gasteiger partial charge in [-0.3, -0.25) is 0 Å². The van der Waals surface area contributed by atoms with E-state index in [0.717, 1.165) is 55.1 Å². The van der Waals surface area contributed by atoms with Crippen LogP contribution in [0, 0.1) is 6.92 Å². The lowest BCUT2D eigenvalue weighted by atomic mass is 10.2. The molecule has 0 saturated carbocycles. The third-order valence-electron chi connectivity index (χ3n) is 4.11. The molecule has 0 aliphatic rings. The van der Waals surface area contributed by atoms with E-state index < -0.39 is 0 Å². The Balaban J connectivity index is 1.97. The Bertz CT molecular complexity index is 729. The highest BCUT2D eigenvalue weighted by atomic mass is 16.5. The number of rotatable bonds is 10. The average Bonchev–Trinajstić information content (AvgIpc) is 3.01. The molecule has 0 radical (unpaired) electrons. The van der Waals surface area contributed by atoms with Crippen molar-refractivity contribution in [2.75, 3.05) is 26.9 Å². The average molecular weight is 374 g/mol. The van der Waals surface area contributed by atoms with Gasteiger partial charge in [0.15, 0.2) is 11.8 Å². The number of aliphatic imine (C=N–C) groups is 1. The quantitative estimate of drug-likeness (QED) is 0.375. The van der Waals surface area contributed by atoms with Gasteiger partial charge >= 0.3 is 0 Å². The monoisotopic (exact) mass is 374 g/mol. The Morgan fingerprint density at radius 2 is 2.11 bits per heavy atom. The van der Waals surface area contributed by atoms with E-state index in [1.807, 2.05) is 49.7 Å². The highest BCUT2D eigenvalue weighted by Gasteiger charge is 2.06. The molecule has 8 heteroatoms. The van der Waals surface area contributed by atoms with Gasteiger partial charge in [0.1, 0.15) is 11.6 Å². The van der Waals surface area contributed by atoms with Crippen LogP contribution in [0.1, 0.15) is 30.6 Å². The van der Waals surface area contributed by atoms with Crippen molar-refractivity contribution in [1.82, 2.24) is 25.4 Å². The van der Waals surface area contributed by atoms with Crippen LogP contribution < -0.4 is 15.4 Å². The van der Waals surface area contributed by atoms with Crippen molar-refractivity contribution >= 4 is 5.96 Å². The van der Waals surface area contributed by atoms with Gasteiger partial charge in [0.05, 0.1) is 20.2 Å². The van der Waals surface area contributed by atoms with Crippen LogP contribution >= 0.6 is 0 Å². The number of benzene rings is 1. The number of methoxy groups -OCH3 is 1. The fraction of sp³-hybridized carbons (Fsp3) is 0.526. The minimum absolute atomic E-state index is 0.548. The van der Waals surface area contributed by atoms with E-state index in [9.17, 15) is 0 Å². The summed E-state index contributed by atoms with van der Waals surface area (Å²) < 4.78 is 12.6. The van der Waals surface area contributed by atoms with Crippen molar-refractivity contribution in [2.24, 2.45) is 12.0 Å². The molecule has 0 aliphatic heterocycles. The first-order valence-electron chi connectivity index (χ1n) is 9.21. The fourth-order valence-electron chi connectivity index (χ4n) is 2.41. The van der Waals surface area contributed by atoms with E-state index in [1.54, 1.807) is 7.11 Å². The molecule has 1 heterocycles. The third kappa shape index (κ3) is 6.90. The molecule has 1 aromatic carbocycles.